The maximum absolute atomic E-state index is 12.0. The van der Waals surface area contributed by atoms with Crippen molar-refractivity contribution in [2.75, 3.05) is 38.9 Å². The lowest BCUT2D eigenvalue weighted by atomic mass is 10.5. The zero-order valence-electron chi connectivity index (χ0n) is 6.49. The predicted octanol–water partition coefficient (Wildman–Crippen LogP) is -1.38. The van der Waals surface area contributed by atoms with Crippen molar-refractivity contribution >= 4 is 7.14 Å². The average molecular weight is 174 g/mol. The van der Waals surface area contributed by atoms with Crippen molar-refractivity contribution in [3.05, 3.63) is 0 Å². The Morgan fingerprint density at radius 3 is 2.27 bits per heavy atom. The van der Waals surface area contributed by atoms with Gasteiger partial charge in [0.15, 0.2) is 7.14 Å². The van der Waals surface area contributed by atoms with Crippen molar-refractivity contribution in [1.82, 2.24) is 9.80 Å². The van der Waals surface area contributed by atoms with Gasteiger partial charge in [-0.1, -0.05) is 0 Å². The number of nitrogens with zero attached hydrogens (tertiary/aromatic N) is 2. The van der Waals surface area contributed by atoms with Crippen LogP contribution in [0.5, 0.6) is 0 Å². The number of hydrogen-bond acceptors (Lipinski definition) is 3. The van der Waals surface area contributed by atoms with Gasteiger partial charge in [0.1, 0.15) is 19.6 Å². The van der Waals surface area contributed by atoms with Crippen LogP contribution < -0.4 is 4.90 Å². The Balaban J connectivity index is 2.00. The molecule has 4 aliphatic rings. The monoisotopic (exact) mass is 174 g/mol. The maximum Gasteiger partial charge on any atom is 0.166 e. The van der Waals surface area contributed by atoms with Crippen LogP contribution >= 0.6 is 7.14 Å². The summed E-state index contributed by atoms with van der Waals surface area (Å²) in [5.41, 5.74) is 0. The largest absolute Gasteiger partial charge is 0.315 e. The highest BCUT2D eigenvalue weighted by molar-refractivity contribution is 7.63. The molecule has 0 aromatic heterocycles. The Bertz CT molecular complexity index is 200. The highest BCUT2D eigenvalue weighted by Gasteiger charge is 2.48. The van der Waals surface area contributed by atoms with Gasteiger partial charge in [0, 0.05) is 0 Å². The van der Waals surface area contributed by atoms with Crippen molar-refractivity contribution in [3.8, 4) is 0 Å². The molecule has 2 atom stereocenters. The molecule has 0 amide bonds. The van der Waals surface area contributed by atoms with E-state index in [1.807, 2.05) is 0 Å². The summed E-state index contributed by atoms with van der Waals surface area (Å²) in [4.78, 5) is 6.16. The van der Waals surface area contributed by atoms with Gasteiger partial charge in [0.05, 0.1) is 19.2 Å². The van der Waals surface area contributed by atoms with E-state index in [4.69, 9.17) is 0 Å². The highest BCUT2D eigenvalue weighted by atomic mass is 31.2. The number of nitrogens with one attached hydrogen (secondary N) is 1. The molecule has 4 saturated heterocycles. The SMILES string of the molecule is O=P12CN3CN(C[NH+](C3)C1)C2. The lowest BCUT2D eigenvalue weighted by molar-refractivity contribution is -0.923. The fourth-order valence-corrected chi connectivity index (χ4v) is 5.78. The van der Waals surface area contributed by atoms with Crippen LogP contribution in [0.25, 0.3) is 0 Å². The van der Waals surface area contributed by atoms with E-state index in [1.54, 1.807) is 0 Å². The molecule has 0 aromatic carbocycles. The molecule has 4 bridgehead atoms. The Kier molecular flexibility index (Phi) is 1.13. The summed E-state index contributed by atoms with van der Waals surface area (Å²) in [5.74, 6) is 0. The third kappa shape index (κ3) is 0.905. The molecular weight excluding hydrogens is 161 g/mol. The summed E-state index contributed by atoms with van der Waals surface area (Å²) in [6.45, 7) is 3.31. The van der Waals surface area contributed by atoms with Crippen LogP contribution in [0, 0.1) is 0 Å². The average Bonchev–Trinajstić information content (AvgIpc) is 1.79. The van der Waals surface area contributed by atoms with Crippen LogP contribution in [-0.2, 0) is 4.57 Å². The molecule has 4 rings (SSSR count). The molecule has 4 nitrogen and oxygen atoms in total. The van der Waals surface area contributed by atoms with E-state index in [0.29, 0.717) is 0 Å². The van der Waals surface area contributed by atoms with Crippen LogP contribution in [0.1, 0.15) is 0 Å². The molecule has 0 radical (unpaired) electrons. The summed E-state index contributed by atoms with van der Waals surface area (Å²) < 4.78 is 12.0. The molecule has 0 saturated carbocycles. The Labute approximate surface area is 66.1 Å². The lowest BCUT2D eigenvalue weighted by Crippen LogP contribution is -3.19. The molecule has 11 heavy (non-hydrogen) atoms. The molecule has 4 heterocycles. The first-order valence-electron chi connectivity index (χ1n) is 4.09. The van der Waals surface area contributed by atoms with Gasteiger partial charge in [-0.05, 0) is 0 Å². The van der Waals surface area contributed by atoms with Crippen molar-refractivity contribution in [3.63, 3.8) is 0 Å². The number of hydrogen-bond donors (Lipinski definition) is 1. The molecule has 0 aromatic rings. The van der Waals surface area contributed by atoms with E-state index in [9.17, 15) is 4.57 Å². The second-order valence-electron chi connectivity index (χ2n) is 4.05. The maximum atomic E-state index is 12.0. The van der Waals surface area contributed by atoms with E-state index >= 15 is 0 Å². The summed E-state index contributed by atoms with van der Waals surface area (Å²) in [6, 6.07) is 0. The first-order valence-corrected chi connectivity index (χ1v) is 6.35. The van der Waals surface area contributed by atoms with Crippen LogP contribution in [0.4, 0.5) is 0 Å². The first-order chi connectivity index (χ1) is 5.23. The first kappa shape index (κ1) is 6.61. The van der Waals surface area contributed by atoms with Crippen molar-refractivity contribution in [2.24, 2.45) is 0 Å². The van der Waals surface area contributed by atoms with E-state index in [1.165, 1.54) is 4.90 Å². The molecule has 4 fully saturated rings. The second-order valence-corrected chi connectivity index (χ2v) is 7.05. The standard InChI is InChI=1S/C6H12N3OP/c10-11-4-7-1-8(5-11)3-9(2-7)6-11/h1-6H2/p+1. The molecule has 2 unspecified atom stereocenters. The predicted molar refractivity (Wildman–Crippen MR) is 41.4 cm³/mol. The fraction of sp³-hybridized carbons (Fsp3) is 1.00. The van der Waals surface area contributed by atoms with Crippen LogP contribution in [0.15, 0.2) is 0 Å². The van der Waals surface area contributed by atoms with Gasteiger partial charge in [-0.15, -0.1) is 0 Å². The minimum absolute atomic E-state index is 0.896. The normalized spacial score (nSPS) is 60.2. The van der Waals surface area contributed by atoms with Gasteiger partial charge in [-0.3, -0.25) is 0 Å². The molecule has 1 N–H and O–H groups in total. The summed E-state index contributed by atoms with van der Waals surface area (Å²) in [7, 11) is -1.76. The van der Waals surface area contributed by atoms with E-state index < -0.39 is 7.14 Å². The summed E-state index contributed by atoms with van der Waals surface area (Å²) in [6.07, 6.45) is 2.75. The number of rotatable bonds is 0. The molecule has 0 spiro atoms. The van der Waals surface area contributed by atoms with Gasteiger partial charge in [-0.2, -0.15) is 0 Å². The smallest absolute Gasteiger partial charge is 0.166 e. The Morgan fingerprint density at radius 2 is 1.82 bits per heavy atom. The summed E-state index contributed by atoms with van der Waals surface area (Å²) >= 11 is 0. The van der Waals surface area contributed by atoms with Crippen molar-refractivity contribution in [2.45, 2.75) is 0 Å². The minimum Gasteiger partial charge on any atom is -0.315 e. The fourth-order valence-electron chi connectivity index (χ4n) is 2.64. The lowest BCUT2D eigenvalue weighted by Gasteiger charge is -2.51. The van der Waals surface area contributed by atoms with E-state index in [2.05, 4.69) is 9.80 Å². The van der Waals surface area contributed by atoms with Crippen molar-refractivity contribution in [1.29, 1.82) is 0 Å². The molecule has 4 aliphatic heterocycles. The Hall–Kier alpha value is 0.110. The number of quaternary nitrogens is 1. The van der Waals surface area contributed by atoms with Gasteiger partial charge < -0.3 is 9.46 Å². The zero-order valence-corrected chi connectivity index (χ0v) is 7.39. The quantitative estimate of drug-likeness (QED) is 0.459. The zero-order chi connectivity index (χ0) is 7.47. The van der Waals surface area contributed by atoms with Crippen LogP contribution in [0.2, 0.25) is 0 Å². The molecule has 5 heteroatoms. The van der Waals surface area contributed by atoms with Gasteiger partial charge in [0.2, 0.25) is 0 Å². The molecule has 62 valence electrons. The van der Waals surface area contributed by atoms with Crippen LogP contribution in [-0.4, -0.2) is 48.7 Å². The molecular formula is C6H13N3OP+. The van der Waals surface area contributed by atoms with Crippen molar-refractivity contribution < 1.29 is 9.46 Å². The second kappa shape index (κ2) is 1.88. The Morgan fingerprint density at radius 1 is 1.18 bits per heavy atom. The highest BCUT2D eigenvalue weighted by Crippen LogP contribution is 2.49. The summed E-state index contributed by atoms with van der Waals surface area (Å²) in [5, 5.41) is 0. The van der Waals surface area contributed by atoms with Gasteiger partial charge in [-0.25, -0.2) is 9.80 Å². The van der Waals surface area contributed by atoms with E-state index in [0.717, 1.165) is 38.9 Å². The van der Waals surface area contributed by atoms with E-state index in [-0.39, 0.29) is 0 Å². The topological polar surface area (TPSA) is 28.0 Å². The van der Waals surface area contributed by atoms with Gasteiger partial charge in [0.25, 0.3) is 0 Å². The molecule has 0 aliphatic carbocycles. The third-order valence-corrected chi connectivity index (χ3v) is 5.58. The van der Waals surface area contributed by atoms with Gasteiger partial charge >= 0.3 is 0 Å². The van der Waals surface area contributed by atoms with Crippen LogP contribution in [0.3, 0.4) is 0 Å². The third-order valence-electron chi connectivity index (χ3n) is 2.72. The minimum atomic E-state index is -1.76.